The van der Waals surface area contributed by atoms with Crippen LogP contribution in [0.25, 0.3) is 5.57 Å². The molecular weight excluding hydrogens is 360 g/mol. The van der Waals surface area contributed by atoms with Crippen LogP contribution < -0.4 is 0 Å². The molecule has 0 aliphatic heterocycles. The lowest BCUT2D eigenvalue weighted by molar-refractivity contribution is -0.131. The van der Waals surface area contributed by atoms with Crippen LogP contribution in [0.2, 0.25) is 0 Å². The van der Waals surface area contributed by atoms with Crippen molar-refractivity contribution in [3.63, 3.8) is 0 Å². The van der Waals surface area contributed by atoms with Crippen molar-refractivity contribution in [3.8, 4) is 0 Å². The summed E-state index contributed by atoms with van der Waals surface area (Å²) < 4.78 is 29.8. The van der Waals surface area contributed by atoms with E-state index in [0.29, 0.717) is 12.0 Å². The average molecular weight is 380 g/mol. The minimum atomic E-state index is -3.81. The Bertz CT molecular complexity index is 876. The summed E-state index contributed by atoms with van der Waals surface area (Å²) >= 11 is 1.43. The van der Waals surface area contributed by atoms with Crippen LogP contribution in [0, 0.1) is 6.92 Å². The number of aryl methyl sites for hydroxylation is 1. The summed E-state index contributed by atoms with van der Waals surface area (Å²) in [5.41, 5.74) is 1.63. The van der Waals surface area contributed by atoms with Gasteiger partial charge in [0.2, 0.25) is 0 Å². The van der Waals surface area contributed by atoms with E-state index in [9.17, 15) is 13.2 Å². The van der Waals surface area contributed by atoms with E-state index < -0.39 is 22.2 Å². The van der Waals surface area contributed by atoms with E-state index in [1.165, 1.54) is 23.5 Å². The lowest BCUT2D eigenvalue weighted by Gasteiger charge is -2.12. The number of hydrogen-bond donors (Lipinski definition) is 1. The zero-order valence-corrected chi connectivity index (χ0v) is 15.9. The van der Waals surface area contributed by atoms with Gasteiger partial charge in [0.15, 0.2) is 0 Å². The summed E-state index contributed by atoms with van der Waals surface area (Å²) in [6, 6.07) is 10.2. The molecule has 25 heavy (non-hydrogen) atoms. The van der Waals surface area contributed by atoms with Gasteiger partial charge in [-0.3, -0.25) is 4.18 Å². The molecule has 0 bridgehead atoms. The highest BCUT2D eigenvalue weighted by Gasteiger charge is 2.19. The van der Waals surface area contributed by atoms with Gasteiger partial charge in [0, 0.05) is 22.3 Å². The van der Waals surface area contributed by atoms with E-state index in [4.69, 9.17) is 9.29 Å². The molecule has 2 rings (SSSR count). The number of allylic oxidation sites excluding steroid dienone is 1. The molecule has 0 spiro atoms. The van der Waals surface area contributed by atoms with E-state index >= 15 is 0 Å². The van der Waals surface area contributed by atoms with Gasteiger partial charge < -0.3 is 5.11 Å². The second-order valence-corrected chi connectivity index (χ2v) is 8.55. The van der Waals surface area contributed by atoms with Gasteiger partial charge in [0.25, 0.3) is 10.1 Å². The summed E-state index contributed by atoms with van der Waals surface area (Å²) in [7, 11) is -3.81. The number of aliphatic carboxylic acids is 1. The summed E-state index contributed by atoms with van der Waals surface area (Å²) in [5, 5.41) is 8.79. The average Bonchev–Trinajstić information content (AvgIpc) is 2.94. The van der Waals surface area contributed by atoms with Gasteiger partial charge in [-0.1, -0.05) is 17.7 Å². The summed E-state index contributed by atoms with van der Waals surface area (Å²) in [5.74, 6) is -0.992. The molecule has 0 saturated carbocycles. The molecule has 0 aliphatic rings. The number of carboxylic acid groups (broad SMARTS) is 1. The number of carboxylic acids is 1. The molecule has 0 amide bonds. The quantitative estimate of drug-likeness (QED) is 0.582. The summed E-state index contributed by atoms with van der Waals surface area (Å²) in [6.07, 6.45) is 1.05. The van der Waals surface area contributed by atoms with Crippen LogP contribution in [0.3, 0.4) is 0 Å². The number of carbonyl (C=O) groups is 1. The van der Waals surface area contributed by atoms with Crippen LogP contribution in [0.5, 0.6) is 0 Å². The van der Waals surface area contributed by atoms with Gasteiger partial charge in [-0.2, -0.15) is 8.42 Å². The molecule has 0 radical (unpaired) electrons. The van der Waals surface area contributed by atoms with Gasteiger partial charge in [-0.05, 0) is 50.6 Å². The molecule has 134 valence electrons. The number of hydrogen-bond acceptors (Lipinski definition) is 5. The molecule has 1 N–H and O–H groups in total. The van der Waals surface area contributed by atoms with Crippen LogP contribution >= 0.6 is 11.3 Å². The van der Waals surface area contributed by atoms with Crippen molar-refractivity contribution in [1.82, 2.24) is 0 Å². The molecule has 5 nitrogen and oxygen atoms in total. The second kappa shape index (κ2) is 7.95. The number of thiophene rings is 1. The molecule has 1 aromatic carbocycles. The Morgan fingerprint density at radius 1 is 1.24 bits per heavy atom. The van der Waals surface area contributed by atoms with E-state index in [0.717, 1.165) is 21.4 Å². The molecule has 0 saturated heterocycles. The Balaban J connectivity index is 2.05. The SMILES string of the molecule is C/C(=C\C(=O)O)c1ccc(CC(C)OS(=O)(=O)c2ccc(C)cc2)s1. The van der Waals surface area contributed by atoms with Gasteiger partial charge in [0.1, 0.15) is 0 Å². The first-order valence-corrected chi connectivity index (χ1v) is 9.90. The fourth-order valence-corrected chi connectivity index (χ4v) is 4.42. The summed E-state index contributed by atoms with van der Waals surface area (Å²) in [4.78, 5) is 12.6. The zero-order chi connectivity index (χ0) is 18.6. The Morgan fingerprint density at radius 2 is 1.88 bits per heavy atom. The second-order valence-electron chi connectivity index (χ2n) is 5.81. The van der Waals surface area contributed by atoms with Crippen molar-refractivity contribution in [3.05, 3.63) is 57.8 Å². The molecule has 1 atom stereocenters. The fraction of sp³-hybridized carbons (Fsp3) is 0.278. The van der Waals surface area contributed by atoms with Crippen LogP contribution in [0.4, 0.5) is 0 Å². The predicted octanol–water partition coefficient (Wildman–Crippen LogP) is 3.88. The molecule has 7 heteroatoms. The van der Waals surface area contributed by atoms with Gasteiger partial charge in [0.05, 0.1) is 11.0 Å². The normalized spacial score (nSPS) is 13.6. The van der Waals surface area contributed by atoms with Gasteiger partial charge >= 0.3 is 5.97 Å². The van der Waals surface area contributed by atoms with Gasteiger partial charge in [-0.25, -0.2) is 4.79 Å². The Kier molecular flexibility index (Phi) is 6.16. The van der Waals surface area contributed by atoms with Crippen molar-refractivity contribution < 1.29 is 22.5 Å². The predicted molar refractivity (Wildman–Crippen MR) is 98.2 cm³/mol. The number of rotatable bonds is 7. The Morgan fingerprint density at radius 3 is 2.48 bits per heavy atom. The fourth-order valence-electron chi connectivity index (χ4n) is 2.25. The zero-order valence-electron chi connectivity index (χ0n) is 14.2. The molecule has 0 fully saturated rings. The van der Waals surface area contributed by atoms with Crippen molar-refractivity contribution in [2.24, 2.45) is 0 Å². The lowest BCUT2D eigenvalue weighted by atomic mass is 10.2. The third-order valence-electron chi connectivity index (χ3n) is 3.48. The highest BCUT2D eigenvalue weighted by molar-refractivity contribution is 7.86. The topological polar surface area (TPSA) is 80.7 Å². The summed E-state index contributed by atoms with van der Waals surface area (Å²) in [6.45, 7) is 5.31. The maximum atomic E-state index is 12.3. The van der Waals surface area contributed by atoms with E-state index in [1.54, 1.807) is 26.0 Å². The van der Waals surface area contributed by atoms with Gasteiger partial charge in [-0.15, -0.1) is 11.3 Å². The molecule has 2 aromatic rings. The first-order valence-electron chi connectivity index (χ1n) is 7.67. The van der Waals surface area contributed by atoms with Crippen molar-refractivity contribution in [2.45, 2.75) is 38.2 Å². The van der Waals surface area contributed by atoms with Crippen LogP contribution in [-0.2, 0) is 25.5 Å². The Hall–Kier alpha value is -1.96. The third kappa shape index (κ3) is 5.52. The first-order chi connectivity index (χ1) is 11.7. The number of benzene rings is 1. The Labute approximate surface area is 151 Å². The third-order valence-corrected chi connectivity index (χ3v) is 6.15. The van der Waals surface area contributed by atoms with Crippen molar-refractivity contribution in [2.75, 3.05) is 0 Å². The minimum absolute atomic E-state index is 0.136. The van der Waals surface area contributed by atoms with Crippen LogP contribution in [0.1, 0.15) is 29.2 Å². The van der Waals surface area contributed by atoms with Crippen molar-refractivity contribution >= 4 is 33.0 Å². The lowest BCUT2D eigenvalue weighted by Crippen LogP contribution is -2.17. The van der Waals surface area contributed by atoms with E-state index in [2.05, 4.69) is 0 Å². The van der Waals surface area contributed by atoms with E-state index in [-0.39, 0.29) is 4.90 Å². The monoisotopic (exact) mass is 380 g/mol. The highest BCUT2D eigenvalue weighted by atomic mass is 32.2. The molecular formula is C18H20O5S2. The molecule has 1 aromatic heterocycles. The minimum Gasteiger partial charge on any atom is -0.478 e. The largest absolute Gasteiger partial charge is 0.478 e. The maximum Gasteiger partial charge on any atom is 0.328 e. The van der Waals surface area contributed by atoms with Crippen LogP contribution in [0.15, 0.2) is 47.4 Å². The van der Waals surface area contributed by atoms with Crippen molar-refractivity contribution in [1.29, 1.82) is 0 Å². The molecule has 0 aliphatic carbocycles. The first kappa shape index (κ1) is 19.4. The molecule has 1 unspecified atom stereocenters. The standard InChI is InChI=1S/C18H20O5S2/c1-12-4-7-16(8-5-12)25(21,22)23-14(3)11-15-6-9-17(24-15)13(2)10-18(19)20/h4-10,14H,11H2,1-3H3,(H,19,20)/b13-10+. The maximum absolute atomic E-state index is 12.3. The smallest absolute Gasteiger partial charge is 0.328 e. The highest BCUT2D eigenvalue weighted by Crippen LogP contribution is 2.26. The molecule has 1 heterocycles. The van der Waals surface area contributed by atoms with E-state index in [1.807, 2.05) is 19.1 Å². The van der Waals surface area contributed by atoms with Crippen LogP contribution in [-0.4, -0.2) is 25.6 Å².